The fraction of sp³-hybridized carbons (Fsp3) is 0.278. The Bertz CT molecular complexity index is 610. The number of benzene rings is 2. The van der Waals surface area contributed by atoms with Crippen LogP contribution in [0.3, 0.4) is 0 Å². The first-order chi connectivity index (χ1) is 10.1. The molecule has 0 aliphatic rings. The van der Waals surface area contributed by atoms with Gasteiger partial charge in [0.15, 0.2) is 0 Å². The number of hydrogen-bond donors (Lipinski definition) is 0. The summed E-state index contributed by atoms with van der Waals surface area (Å²) in [5.74, 6) is 0.473. The Balaban J connectivity index is 2.23. The Morgan fingerprint density at radius 3 is 2.43 bits per heavy atom. The largest absolute Gasteiger partial charge is 0.333 e. The molecule has 0 atom stereocenters. The number of amides is 1. The first-order valence-corrected chi connectivity index (χ1v) is 7.61. The third-order valence-electron chi connectivity index (χ3n) is 3.47. The van der Waals surface area contributed by atoms with Crippen molar-refractivity contribution in [1.29, 1.82) is 0 Å². The molecule has 0 aliphatic heterocycles. The van der Waals surface area contributed by atoms with Crippen LogP contribution in [0.25, 0.3) is 0 Å². The topological polar surface area (TPSA) is 20.3 Å². The molecule has 2 aromatic carbocycles. The fourth-order valence-corrected chi connectivity index (χ4v) is 2.59. The normalized spacial score (nSPS) is 10.4. The van der Waals surface area contributed by atoms with E-state index in [9.17, 15) is 4.79 Å². The Labute approximate surface area is 131 Å². The monoisotopic (exact) mass is 301 g/mol. The molecular formula is C18H20ClNO. The molecule has 0 bridgehead atoms. The van der Waals surface area contributed by atoms with E-state index in [1.807, 2.05) is 62.4 Å². The van der Waals surface area contributed by atoms with Gasteiger partial charge in [-0.2, -0.15) is 0 Å². The molecule has 0 radical (unpaired) electrons. The Kier molecular flexibility index (Phi) is 5.40. The predicted molar refractivity (Wildman–Crippen MR) is 87.8 cm³/mol. The third-order valence-corrected chi connectivity index (χ3v) is 3.64. The van der Waals surface area contributed by atoms with E-state index in [1.165, 1.54) is 0 Å². The zero-order valence-electron chi connectivity index (χ0n) is 12.5. The first kappa shape index (κ1) is 15.6. The van der Waals surface area contributed by atoms with Crippen LogP contribution in [-0.4, -0.2) is 23.2 Å². The van der Waals surface area contributed by atoms with Gasteiger partial charge in [-0.15, -0.1) is 11.6 Å². The van der Waals surface area contributed by atoms with Gasteiger partial charge in [0.05, 0.1) is 0 Å². The molecule has 0 saturated heterocycles. The second-order valence-corrected chi connectivity index (χ2v) is 5.60. The summed E-state index contributed by atoms with van der Waals surface area (Å²) in [6, 6.07) is 15.9. The molecule has 0 heterocycles. The Hall–Kier alpha value is -1.80. The molecule has 2 aromatic rings. The summed E-state index contributed by atoms with van der Waals surface area (Å²) in [7, 11) is 0. The van der Waals surface area contributed by atoms with Gasteiger partial charge in [0, 0.05) is 24.5 Å². The quantitative estimate of drug-likeness (QED) is 0.759. The van der Waals surface area contributed by atoms with E-state index < -0.39 is 0 Å². The molecule has 110 valence electrons. The molecule has 21 heavy (non-hydrogen) atoms. The molecule has 0 saturated carbocycles. The highest BCUT2D eigenvalue weighted by Gasteiger charge is 2.17. The summed E-state index contributed by atoms with van der Waals surface area (Å²) in [4.78, 5) is 14.5. The van der Waals surface area contributed by atoms with E-state index in [0.29, 0.717) is 19.0 Å². The molecule has 2 nitrogen and oxygen atoms in total. The number of alkyl halides is 1. The lowest BCUT2D eigenvalue weighted by molar-refractivity contribution is 0.0753. The van der Waals surface area contributed by atoms with Crippen LogP contribution in [0, 0.1) is 13.8 Å². The SMILES string of the molecule is Cc1ccc(C(=O)N(CCCl)Cc2ccccc2)c(C)c1. The van der Waals surface area contributed by atoms with Crippen molar-refractivity contribution in [3.8, 4) is 0 Å². The van der Waals surface area contributed by atoms with Crippen molar-refractivity contribution in [2.24, 2.45) is 0 Å². The van der Waals surface area contributed by atoms with Crippen LogP contribution in [0.5, 0.6) is 0 Å². The van der Waals surface area contributed by atoms with Gasteiger partial charge in [-0.25, -0.2) is 0 Å². The summed E-state index contributed by atoms with van der Waals surface area (Å²) in [5.41, 5.74) is 4.03. The minimum Gasteiger partial charge on any atom is -0.333 e. The minimum atomic E-state index is 0.0389. The fourth-order valence-electron chi connectivity index (χ4n) is 2.38. The summed E-state index contributed by atoms with van der Waals surface area (Å²) in [6.45, 7) is 5.13. The molecule has 3 heteroatoms. The van der Waals surface area contributed by atoms with Gasteiger partial charge in [0.1, 0.15) is 0 Å². The summed E-state index contributed by atoms with van der Waals surface area (Å²) >= 11 is 5.87. The smallest absolute Gasteiger partial charge is 0.254 e. The van der Waals surface area contributed by atoms with Gasteiger partial charge in [-0.05, 0) is 31.0 Å². The number of hydrogen-bond acceptors (Lipinski definition) is 1. The van der Waals surface area contributed by atoms with Crippen molar-refractivity contribution >= 4 is 17.5 Å². The standard InChI is InChI=1S/C18H20ClNO/c1-14-8-9-17(15(2)12-14)18(21)20(11-10-19)13-16-6-4-3-5-7-16/h3-9,12H,10-11,13H2,1-2H3. The van der Waals surface area contributed by atoms with E-state index in [1.54, 1.807) is 4.90 Å². The first-order valence-electron chi connectivity index (χ1n) is 7.08. The number of rotatable bonds is 5. The van der Waals surface area contributed by atoms with Crippen molar-refractivity contribution in [1.82, 2.24) is 4.90 Å². The highest BCUT2D eigenvalue weighted by atomic mass is 35.5. The van der Waals surface area contributed by atoms with Gasteiger partial charge < -0.3 is 4.90 Å². The van der Waals surface area contributed by atoms with E-state index in [2.05, 4.69) is 0 Å². The second kappa shape index (κ2) is 7.28. The molecule has 0 aliphatic carbocycles. The number of carbonyl (C=O) groups excluding carboxylic acids is 1. The van der Waals surface area contributed by atoms with E-state index in [4.69, 9.17) is 11.6 Å². The lowest BCUT2D eigenvalue weighted by atomic mass is 10.0. The maximum atomic E-state index is 12.7. The van der Waals surface area contributed by atoms with Crippen molar-refractivity contribution in [2.75, 3.05) is 12.4 Å². The van der Waals surface area contributed by atoms with Crippen molar-refractivity contribution in [3.63, 3.8) is 0 Å². The Morgan fingerprint density at radius 2 is 1.81 bits per heavy atom. The lowest BCUT2D eigenvalue weighted by Gasteiger charge is -2.23. The molecule has 0 aromatic heterocycles. The van der Waals surface area contributed by atoms with Crippen LogP contribution in [0.1, 0.15) is 27.0 Å². The highest BCUT2D eigenvalue weighted by molar-refractivity contribution is 6.18. The molecule has 0 unspecified atom stereocenters. The van der Waals surface area contributed by atoms with Gasteiger partial charge in [-0.3, -0.25) is 4.79 Å². The maximum Gasteiger partial charge on any atom is 0.254 e. The van der Waals surface area contributed by atoms with E-state index in [-0.39, 0.29) is 5.91 Å². The van der Waals surface area contributed by atoms with Crippen LogP contribution in [-0.2, 0) is 6.54 Å². The van der Waals surface area contributed by atoms with Crippen LogP contribution < -0.4 is 0 Å². The van der Waals surface area contributed by atoms with Crippen molar-refractivity contribution in [2.45, 2.75) is 20.4 Å². The zero-order valence-corrected chi connectivity index (χ0v) is 13.2. The molecule has 0 N–H and O–H groups in total. The summed E-state index contributed by atoms with van der Waals surface area (Å²) < 4.78 is 0. The van der Waals surface area contributed by atoms with Gasteiger partial charge in [0.25, 0.3) is 5.91 Å². The average molecular weight is 302 g/mol. The number of nitrogens with zero attached hydrogens (tertiary/aromatic N) is 1. The van der Waals surface area contributed by atoms with Crippen molar-refractivity contribution < 1.29 is 4.79 Å². The van der Waals surface area contributed by atoms with Gasteiger partial charge >= 0.3 is 0 Å². The van der Waals surface area contributed by atoms with E-state index >= 15 is 0 Å². The number of carbonyl (C=O) groups is 1. The van der Waals surface area contributed by atoms with Crippen LogP contribution in [0.4, 0.5) is 0 Å². The maximum absolute atomic E-state index is 12.7. The van der Waals surface area contributed by atoms with Gasteiger partial charge in [-0.1, -0.05) is 48.0 Å². The summed E-state index contributed by atoms with van der Waals surface area (Å²) in [5, 5.41) is 0. The molecule has 0 fully saturated rings. The number of aryl methyl sites for hydroxylation is 2. The van der Waals surface area contributed by atoms with E-state index in [0.717, 1.165) is 22.3 Å². The molecular weight excluding hydrogens is 282 g/mol. The zero-order chi connectivity index (χ0) is 15.2. The highest BCUT2D eigenvalue weighted by Crippen LogP contribution is 2.15. The summed E-state index contributed by atoms with van der Waals surface area (Å²) in [6.07, 6.45) is 0. The molecule has 1 amide bonds. The van der Waals surface area contributed by atoms with Gasteiger partial charge in [0.2, 0.25) is 0 Å². The van der Waals surface area contributed by atoms with Crippen LogP contribution >= 0.6 is 11.6 Å². The van der Waals surface area contributed by atoms with Crippen LogP contribution in [0.15, 0.2) is 48.5 Å². The lowest BCUT2D eigenvalue weighted by Crippen LogP contribution is -2.32. The minimum absolute atomic E-state index is 0.0389. The average Bonchev–Trinajstić information content (AvgIpc) is 2.47. The second-order valence-electron chi connectivity index (χ2n) is 5.22. The molecule has 2 rings (SSSR count). The third kappa shape index (κ3) is 4.08. The van der Waals surface area contributed by atoms with Crippen LogP contribution in [0.2, 0.25) is 0 Å². The Morgan fingerprint density at radius 1 is 1.10 bits per heavy atom. The van der Waals surface area contributed by atoms with Crippen molar-refractivity contribution in [3.05, 3.63) is 70.8 Å². The molecule has 0 spiro atoms. The predicted octanol–water partition coefficient (Wildman–Crippen LogP) is 4.18. The number of halogens is 1.